The second-order valence-corrected chi connectivity index (χ2v) is 6.69. The van der Waals surface area contributed by atoms with E-state index in [4.69, 9.17) is 16.1 Å². The van der Waals surface area contributed by atoms with Crippen LogP contribution in [-0.4, -0.2) is 40.2 Å². The molecule has 1 fully saturated rings. The minimum Gasteiger partial charge on any atom is -0.351 e. The molecule has 0 saturated carbocycles. The molecule has 0 unspecified atom stereocenters. The number of hydrogen-bond donors (Lipinski definition) is 2. The largest absolute Gasteiger partial charge is 0.351 e. The molecule has 0 bridgehead atoms. The summed E-state index contributed by atoms with van der Waals surface area (Å²) in [6.07, 6.45) is 2.84. The lowest BCUT2D eigenvalue weighted by atomic mass is 9.95. The molecule has 1 aromatic heterocycles. The maximum absolute atomic E-state index is 12.9. The van der Waals surface area contributed by atoms with Crippen LogP contribution in [0.5, 0.6) is 0 Å². The van der Waals surface area contributed by atoms with Crippen LogP contribution in [0.1, 0.15) is 47.8 Å². The van der Waals surface area contributed by atoms with Crippen LogP contribution in [0.2, 0.25) is 0 Å². The number of nitrogen functional groups attached to an aromatic ring is 1. The molecule has 25 heavy (non-hydrogen) atoms. The number of carbonyl (C=O) groups is 1. The molecular formula is C17H23FN5O2+. The zero-order chi connectivity index (χ0) is 17.9. The van der Waals surface area contributed by atoms with E-state index in [0.717, 1.165) is 32.5 Å². The average Bonchev–Trinajstić information content (AvgIpc) is 3.02. The highest BCUT2D eigenvalue weighted by atomic mass is 19.1. The van der Waals surface area contributed by atoms with E-state index in [2.05, 4.69) is 10.1 Å². The van der Waals surface area contributed by atoms with E-state index in [9.17, 15) is 9.18 Å². The van der Waals surface area contributed by atoms with Gasteiger partial charge in [0, 0.05) is 37.2 Å². The Morgan fingerprint density at radius 2 is 1.96 bits per heavy atom. The quantitative estimate of drug-likeness (QED) is 0.470. The topological polar surface area (TPSA) is 108 Å². The van der Waals surface area contributed by atoms with Crippen molar-refractivity contribution in [3.8, 4) is 0 Å². The maximum Gasteiger partial charge on any atom is 0.318 e. The van der Waals surface area contributed by atoms with Gasteiger partial charge in [-0.25, -0.2) is 8.98 Å². The van der Waals surface area contributed by atoms with Crippen molar-refractivity contribution in [3.05, 3.63) is 41.5 Å². The number of anilines is 1. The number of quaternary nitrogens is 1. The molecule has 8 heteroatoms. The molecule has 3 rings (SSSR count). The fraction of sp³-hybridized carbons (Fsp3) is 0.471. The maximum atomic E-state index is 12.9. The van der Waals surface area contributed by atoms with E-state index >= 15 is 0 Å². The summed E-state index contributed by atoms with van der Waals surface area (Å²) >= 11 is 0. The Kier molecular flexibility index (Phi) is 5.10. The molecule has 7 nitrogen and oxygen atoms in total. The molecule has 2 heterocycles. The van der Waals surface area contributed by atoms with Crippen molar-refractivity contribution in [2.75, 3.05) is 25.4 Å². The second kappa shape index (κ2) is 7.28. The zero-order valence-corrected chi connectivity index (χ0v) is 14.0. The van der Waals surface area contributed by atoms with Crippen LogP contribution in [0.15, 0.2) is 28.8 Å². The SMILES string of the molecule is Nc1nc(C2CC[N+](N)(CCCC(=O)c3ccc(F)cc3)CC2)no1. The number of nitrogens with two attached hydrogens (primary N) is 2. The van der Waals surface area contributed by atoms with Gasteiger partial charge in [-0.2, -0.15) is 10.8 Å². The summed E-state index contributed by atoms with van der Waals surface area (Å²) in [6.45, 7) is 2.32. The third kappa shape index (κ3) is 4.40. The van der Waals surface area contributed by atoms with Gasteiger partial charge in [-0.3, -0.25) is 4.79 Å². The van der Waals surface area contributed by atoms with Crippen LogP contribution in [0.25, 0.3) is 0 Å². The molecule has 0 atom stereocenters. The molecule has 0 spiro atoms. The lowest BCUT2D eigenvalue weighted by Gasteiger charge is -2.38. The Labute approximate surface area is 145 Å². The molecule has 0 amide bonds. The van der Waals surface area contributed by atoms with Crippen LogP contribution < -0.4 is 11.6 Å². The Hall–Kier alpha value is -2.32. The van der Waals surface area contributed by atoms with Crippen molar-refractivity contribution in [3.63, 3.8) is 0 Å². The first-order valence-corrected chi connectivity index (χ1v) is 8.48. The monoisotopic (exact) mass is 348 g/mol. The van der Waals surface area contributed by atoms with Crippen LogP contribution in [0.3, 0.4) is 0 Å². The number of ketones is 1. The van der Waals surface area contributed by atoms with Gasteiger partial charge in [0.25, 0.3) is 0 Å². The fourth-order valence-corrected chi connectivity index (χ4v) is 3.31. The van der Waals surface area contributed by atoms with Gasteiger partial charge in [-0.05, 0) is 24.3 Å². The Balaban J connectivity index is 1.45. The molecule has 0 radical (unpaired) electrons. The molecule has 1 aromatic carbocycles. The van der Waals surface area contributed by atoms with Crippen molar-refractivity contribution < 1.29 is 18.3 Å². The van der Waals surface area contributed by atoms with E-state index in [-0.39, 0.29) is 23.5 Å². The average molecular weight is 348 g/mol. The highest BCUT2D eigenvalue weighted by Crippen LogP contribution is 2.28. The molecular weight excluding hydrogens is 325 g/mol. The van der Waals surface area contributed by atoms with E-state index < -0.39 is 0 Å². The Bertz CT molecular complexity index is 723. The lowest BCUT2D eigenvalue weighted by Crippen LogP contribution is -2.58. The van der Waals surface area contributed by atoms with Crippen molar-refractivity contribution in [1.82, 2.24) is 10.1 Å². The predicted molar refractivity (Wildman–Crippen MR) is 89.7 cm³/mol. The zero-order valence-electron chi connectivity index (χ0n) is 14.0. The molecule has 0 aliphatic carbocycles. The minimum atomic E-state index is -0.339. The fourth-order valence-electron chi connectivity index (χ4n) is 3.31. The van der Waals surface area contributed by atoms with Crippen molar-refractivity contribution in [2.24, 2.45) is 5.84 Å². The van der Waals surface area contributed by atoms with Gasteiger partial charge in [-0.1, -0.05) is 5.16 Å². The first-order valence-electron chi connectivity index (χ1n) is 8.48. The molecule has 1 aliphatic rings. The van der Waals surface area contributed by atoms with Crippen molar-refractivity contribution in [2.45, 2.75) is 31.6 Å². The number of Topliss-reactive ketones (excluding diaryl/α,β-unsaturated/α-hetero) is 1. The number of carbonyl (C=O) groups excluding carboxylic acids is 1. The number of piperidine rings is 1. The van der Waals surface area contributed by atoms with Crippen molar-refractivity contribution in [1.29, 1.82) is 0 Å². The summed E-state index contributed by atoms with van der Waals surface area (Å²) < 4.78 is 18.2. The third-order valence-corrected chi connectivity index (χ3v) is 4.84. The third-order valence-electron chi connectivity index (χ3n) is 4.84. The predicted octanol–water partition coefficient (Wildman–Crippen LogP) is 2.02. The number of aromatic nitrogens is 2. The molecule has 1 aliphatic heterocycles. The van der Waals surface area contributed by atoms with E-state index in [1.54, 1.807) is 0 Å². The van der Waals surface area contributed by atoms with Gasteiger partial charge in [0.15, 0.2) is 11.6 Å². The van der Waals surface area contributed by atoms with Crippen LogP contribution in [-0.2, 0) is 0 Å². The minimum absolute atomic E-state index is 0.0174. The van der Waals surface area contributed by atoms with E-state index in [1.807, 2.05) is 0 Å². The normalized spacial score (nSPS) is 23.5. The highest BCUT2D eigenvalue weighted by molar-refractivity contribution is 5.95. The van der Waals surface area contributed by atoms with E-state index in [0.29, 0.717) is 28.8 Å². The Morgan fingerprint density at radius 3 is 2.56 bits per heavy atom. The number of halogens is 1. The highest BCUT2D eigenvalue weighted by Gasteiger charge is 2.33. The summed E-state index contributed by atoms with van der Waals surface area (Å²) in [5, 5.41) is 3.88. The van der Waals surface area contributed by atoms with Gasteiger partial charge < -0.3 is 10.3 Å². The number of rotatable bonds is 6. The number of hydrogen-bond acceptors (Lipinski definition) is 6. The number of nitrogens with zero attached hydrogens (tertiary/aromatic N) is 3. The van der Waals surface area contributed by atoms with Crippen LogP contribution in [0, 0.1) is 5.82 Å². The summed E-state index contributed by atoms with van der Waals surface area (Å²) in [5.74, 6) is 6.98. The van der Waals surface area contributed by atoms with Crippen molar-refractivity contribution >= 4 is 11.8 Å². The summed E-state index contributed by atoms with van der Waals surface area (Å²) in [5.41, 5.74) is 6.01. The van der Waals surface area contributed by atoms with Gasteiger partial charge in [0.2, 0.25) is 0 Å². The smallest absolute Gasteiger partial charge is 0.318 e. The standard InChI is InChI=1S/C17H23FN5O2/c18-14-5-3-12(4-6-14)15(24)2-1-9-23(20)10-7-13(8-11-23)16-21-17(19)25-22-16/h3-6,13H,1-2,7-11,20H2,(H2,19,21,22)/q+1. The van der Waals surface area contributed by atoms with Gasteiger partial charge in [-0.15, -0.1) is 0 Å². The molecule has 1 saturated heterocycles. The van der Waals surface area contributed by atoms with Crippen LogP contribution >= 0.6 is 0 Å². The van der Waals surface area contributed by atoms with Gasteiger partial charge in [0.05, 0.1) is 19.6 Å². The first-order chi connectivity index (χ1) is 12.0. The summed E-state index contributed by atoms with van der Waals surface area (Å²) in [6, 6.07) is 5.74. The number of likely N-dealkylation sites (tertiary alicyclic amines) is 1. The molecule has 2 aromatic rings. The summed E-state index contributed by atoms with van der Waals surface area (Å²) in [7, 11) is 0. The van der Waals surface area contributed by atoms with Gasteiger partial charge >= 0.3 is 6.01 Å². The van der Waals surface area contributed by atoms with Gasteiger partial charge in [0.1, 0.15) is 5.82 Å². The first kappa shape index (κ1) is 17.5. The molecule has 134 valence electrons. The Morgan fingerprint density at radius 1 is 1.28 bits per heavy atom. The summed E-state index contributed by atoms with van der Waals surface area (Å²) in [4.78, 5) is 16.2. The van der Waals surface area contributed by atoms with Crippen LogP contribution in [0.4, 0.5) is 10.4 Å². The second-order valence-electron chi connectivity index (χ2n) is 6.69. The number of benzene rings is 1. The lowest BCUT2D eigenvalue weighted by molar-refractivity contribution is -0.944. The molecule has 4 N–H and O–H groups in total. The van der Waals surface area contributed by atoms with E-state index in [1.165, 1.54) is 24.3 Å².